The highest BCUT2D eigenvalue weighted by molar-refractivity contribution is 6.31. The molecule has 1 unspecified atom stereocenters. The highest BCUT2D eigenvalue weighted by Crippen LogP contribution is 2.29. The summed E-state index contributed by atoms with van der Waals surface area (Å²) in [6.07, 6.45) is 3.03. The normalized spacial score (nSPS) is 16.1. The zero-order valence-electron chi connectivity index (χ0n) is 13.8. The Kier molecular flexibility index (Phi) is 4.76. The van der Waals surface area contributed by atoms with Crippen LogP contribution in [0.5, 0.6) is 0 Å². The van der Waals surface area contributed by atoms with E-state index in [9.17, 15) is 9.59 Å². The van der Waals surface area contributed by atoms with Crippen molar-refractivity contribution in [2.75, 3.05) is 19.0 Å². The molecule has 0 amide bonds. The summed E-state index contributed by atoms with van der Waals surface area (Å²) < 4.78 is 0. The van der Waals surface area contributed by atoms with Gasteiger partial charge in [-0.3, -0.25) is 9.59 Å². The van der Waals surface area contributed by atoms with Crippen LogP contribution in [-0.4, -0.2) is 31.7 Å². The maximum Gasteiger partial charge on any atom is 0.199 e. The van der Waals surface area contributed by atoms with Gasteiger partial charge in [0.1, 0.15) is 0 Å². The molecule has 0 radical (unpaired) electrons. The molecule has 5 nitrogen and oxygen atoms in total. The van der Waals surface area contributed by atoms with Gasteiger partial charge in [-0.1, -0.05) is 29.8 Å². The Morgan fingerprint density at radius 2 is 1.88 bits per heavy atom. The third kappa shape index (κ3) is 3.67. The summed E-state index contributed by atoms with van der Waals surface area (Å²) in [4.78, 5) is 26.8. The van der Waals surface area contributed by atoms with Gasteiger partial charge in [0.05, 0.1) is 5.69 Å². The molecule has 0 fully saturated rings. The topological polar surface area (TPSA) is 62.1 Å². The molecule has 1 aliphatic rings. The number of hydrogen-bond donors (Lipinski definition) is 0. The van der Waals surface area contributed by atoms with Crippen molar-refractivity contribution in [1.82, 2.24) is 0 Å². The quantitative estimate of drug-likeness (QED) is 0.606. The standard InChI is InChI=1S/C19H16ClN3O2/c1-23(2)14-7-3-12(4-8-14)5-10-17(24)18-19(25)15-11-13(20)6-9-16(15)21-22-18/h3-11,18H,1-2H3/b10-5+. The lowest BCUT2D eigenvalue weighted by Gasteiger charge is -2.14. The van der Waals surface area contributed by atoms with Gasteiger partial charge in [-0.05, 0) is 42.0 Å². The van der Waals surface area contributed by atoms with Crippen LogP contribution in [0.1, 0.15) is 15.9 Å². The van der Waals surface area contributed by atoms with Gasteiger partial charge in [0.15, 0.2) is 17.6 Å². The number of nitrogens with zero attached hydrogens (tertiary/aromatic N) is 3. The Hall–Kier alpha value is -2.79. The Labute approximate surface area is 150 Å². The lowest BCUT2D eigenvalue weighted by molar-refractivity contribution is -0.114. The molecule has 3 rings (SSSR count). The van der Waals surface area contributed by atoms with Crippen LogP contribution in [0.4, 0.5) is 11.4 Å². The van der Waals surface area contributed by atoms with Gasteiger partial charge in [0.2, 0.25) is 0 Å². The summed E-state index contributed by atoms with van der Waals surface area (Å²) in [5.41, 5.74) is 2.68. The number of halogens is 1. The average molecular weight is 354 g/mol. The zero-order valence-corrected chi connectivity index (χ0v) is 14.6. The average Bonchev–Trinajstić information content (AvgIpc) is 2.61. The van der Waals surface area contributed by atoms with Gasteiger partial charge in [-0.25, -0.2) is 0 Å². The van der Waals surface area contributed by atoms with E-state index in [1.807, 2.05) is 43.3 Å². The van der Waals surface area contributed by atoms with Gasteiger partial charge in [-0.2, -0.15) is 10.2 Å². The summed E-state index contributed by atoms with van der Waals surface area (Å²) in [5.74, 6) is -0.791. The van der Waals surface area contributed by atoms with Gasteiger partial charge in [0.25, 0.3) is 0 Å². The fourth-order valence-electron chi connectivity index (χ4n) is 2.45. The minimum absolute atomic E-state index is 0.324. The van der Waals surface area contributed by atoms with E-state index >= 15 is 0 Å². The number of ketones is 2. The molecular weight excluding hydrogens is 338 g/mol. The molecule has 1 aliphatic heterocycles. The number of anilines is 1. The number of azo groups is 1. The number of Topliss-reactive ketones (excluding diaryl/α,β-unsaturated/α-hetero) is 1. The SMILES string of the molecule is CN(C)c1ccc(/C=C/C(=O)C2N=Nc3ccc(Cl)cc3C2=O)cc1. The Morgan fingerprint density at radius 1 is 1.16 bits per heavy atom. The largest absolute Gasteiger partial charge is 0.378 e. The number of fused-ring (bicyclic) bond motifs is 1. The summed E-state index contributed by atoms with van der Waals surface area (Å²) in [7, 11) is 3.91. The van der Waals surface area contributed by atoms with Crippen molar-refractivity contribution in [3.8, 4) is 0 Å². The van der Waals surface area contributed by atoms with Gasteiger partial charge >= 0.3 is 0 Å². The molecule has 0 aliphatic carbocycles. The molecule has 2 aromatic rings. The van der Waals surface area contributed by atoms with Crippen molar-refractivity contribution >= 4 is 40.6 Å². The first-order chi connectivity index (χ1) is 12.0. The van der Waals surface area contributed by atoms with Gasteiger partial charge < -0.3 is 4.90 Å². The van der Waals surface area contributed by atoms with E-state index in [1.165, 1.54) is 12.1 Å². The lowest BCUT2D eigenvalue weighted by Crippen LogP contribution is -2.28. The fraction of sp³-hybridized carbons (Fsp3) is 0.158. The number of benzene rings is 2. The number of carbonyl (C=O) groups is 2. The molecule has 0 aromatic heterocycles. The first-order valence-corrected chi connectivity index (χ1v) is 8.07. The van der Waals surface area contributed by atoms with E-state index < -0.39 is 11.8 Å². The third-order valence-corrected chi connectivity index (χ3v) is 4.11. The third-order valence-electron chi connectivity index (χ3n) is 3.87. The minimum Gasteiger partial charge on any atom is -0.378 e. The monoisotopic (exact) mass is 353 g/mol. The second kappa shape index (κ2) is 6.99. The van der Waals surface area contributed by atoms with Crippen LogP contribution < -0.4 is 4.90 Å². The van der Waals surface area contributed by atoms with Crippen LogP contribution in [0.3, 0.4) is 0 Å². The van der Waals surface area contributed by atoms with Crippen molar-refractivity contribution in [2.45, 2.75) is 6.04 Å². The maximum absolute atomic E-state index is 12.5. The Balaban J connectivity index is 1.76. The summed E-state index contributed by atoms with van der Waals surface area (Å²) >= 11 is 5.92. The predicted molar refractivity (Wildman–Crippen MR) is 98.9 cm³/mol. The molecule has 1 heterocycles. The van der Waals surface area contributed by atoms with Crippen LogP contribution in [-0.2, 0) is 4.79 Å². The molecular formula is C19H16ClN3O2. The second-order valence-corrected chi connectivity index (χ2v) is 6.30. The van der Waals surface area contributed by atoms with Crippen LogP contribution in [0.25, 0.3) is 6.08 Å². The molecule has 0 saturated heterocycles. The van der Waals surface area contributed by atoms with Crippen molar-refractivity contribution in [3.63, 3.8) is 0 Å². The van der Waals surface area contributed by atoms with Gasteiger partial charge in [-0.15, -0.1) is 0 Å². The predicted octanol–water partition coefficient (Wildman–Crippen LogP) is 4.34. The van der Waals surface area contributed by atoms with Crippen molar-refractivity contribution in [3.05, 3.63) is 64.7 Å². The molecule has 1 atom stereocenters. The molecule has 126 valence electrons. The summed E-state index contributed by atoms with van der Waals surface area (Å²) in [5, 5.41) is 8.24. The van der Waals surface area contributed by atoms with E-state index in [-0.39, 0.29) is 5.78 Å². The summed E-state index contributed by atoms with van der Waals surface area (Å²) in [6, 6.07) is 11.3. The molecule has 0 spiro atoms. The lowest BCUT2D eigenvalue weighted by atomic mass is 9.98. The highest BCUT2D eigenvalue weighted by atomic mass is 35.5. The second-order valence-electron chi connectivity index (χ2n) is 5.87. The minimum atomic E-state index is -1.15. The van der Waals surface area contributed by atoms with Crippen LogP contribution in [0.2, 0.25) is 5.02 Å². The Bertz CT molecular complexity index is 886. The van der Waals surface area contributed by atoms with Crippen molar-refractivity contribution in [2.24, 2.45) is 10.2 Å². The van der Waals surface area contributed by atoms with E-state index in [0.717, 1.165) is 11.3 Å². The van der Waals surface area contributed by atoms with Crippen molar-refractivity contribution in [1.29, 1.82) is 0 Å². The van der Waals surface area contributed by atoms with Crippen LogP contribution >= 0.6 is 11.6 Å². The van der Waals surface area contributed by atoms with Crippen molar-refractivity contribution < 1.29 is 9.59 Å². The Morgan fingerprint density at radius 3 is 2.56 bits per heavy atom. The highest BCUT2D eigenvalue weighted by Gasteiger charge is 2.31. The van der Waals surface area contributed by atoms with E-state index in [2.05, 4.69) is 10.2 Å². The number of carbonyl (C=O) groups excluding carboxylic acids is 2. The molecule has 0 saturated carbocycles. The first kappa shape index (κ1) is 17.0. The molecule has 2 aromatic carbocycles. The molecule has 0 N–H and O–H groups in total. The first-order valence-electron chi connectivity index (χ1n) is 7.69. The van der Waals surface area contributed by atoms with E-state index in [1.54, 1.807) is 18.2 Å². The van der Waals surface area contributed by atoms with Crippen LogP contribution in [0.15, 0.2) is 58.8 Å². The van der Waals surface area contributed by atoms with Gasteiger partial charge in [0, 0.05) is 30.4 Å². The number of rotatable bonds is 4. The molecule has 25 heavy (non-hydrogen) atoms. The van der Waals surface area contributed by atoms with E-state index in [0.29, 0.717) is 16.3 Å². The molecule has 6 heteroatoms. The summed E-state index contributed by atoms with van der Waals surface area (Å²) in [6.45, 7) is 0. The van der Waals surface area contributed by atoms with Crippen LogP contribution in [0, 0.1) is 0 Å². The smallest absolute Gasteiger partial charge is 0.199 e. The number of hydrogen-bond acceptors (Lipinski definition) is 5. The zero-order chi connectivity index (χ0) is 18.0. The van der Waals surface area contributed by atoms with E-state index in [4.69, 9.17) is 11.6 Å². The fourth-order valence-corrected chi connectivity index (χ4v) is 2.62. The molecule has 0 bridgehead atoms. The maximum atomic E-state index is 12.5.